The Morgan fingerprint density at radius 1 is 0.667 bits per heavy atom. The summed E-state index contributed by atoms with van der Waals surface area (Å²) in [5.41, 5.74) is 0.115. The Morgan fingerprint density at radius 2 is 1.00 bits per heavy atom. The zero-order valence-electron chi connectivity index (χ0n) is 11.6. The van der Waals surface area contributed by atoms with E-state index in [4.69, 9.17) is 9.47 Å². The van der Waals surface area contributed by atoms with Gasteiger partial charge >= 0.3 is 237 Å². The van der Waals surface area contributed by atoms with Gasteiger partial charge in [0.25, 0.3) is 0 Å². The summed E-state index contributed by atoms with van der Waals surface area (Å²) in [5, 5.41) is 0. The van der Waals surface area contributed by atoms with Gasteiger partial charge in [0, 0.05) is 0 Å². The number of halogens is 8. The van der Waals surface area contributed by atoms with Crippen LogP contribution < -0.4 is 42.4 Å². The molecule has 0 heterocycles. The van der Waals surface area contributed by atoms with Gasteiger partial charge in [0.2, 0.25) is 0 Å². The van der Waals surface area contributed by atoms with Crippen LogP contribution in [-0.4, -0.2) is 44.0 Å². The first-order chi connectivity index (χ1) is 9.99. The molecule has 2 nitrogen and oxygen atoms in total. The number of ether oxygens (including phenoxy) is 2. The van der Waals surface area contributed by atoms with Gasteiger partial charge < -0.3 is 0 Å². The fourth-order valence-corrected chi connectivity index (χ4v) is 22.8. The van der Waals surface area contributed by atoms with Crippen molar-refractivity contribution >= 4 is 136 Å². The summed E-state index contributed by atoms with van der Waals surface area (Å²) in [6.07, 6.45) is 0. The van der Waals surface area contributed by atoms with Crippen molar-refractivity contribution in [1.29, 1.82) is 0 Å². The van der Waals surface area contributed by atoms with Crippen LogP contribution in [-0.2, 0) is 9.47 Å². The predicted octanol–water partition coefficient (Wildman–Crippen LogP) is -0.639. The third-order valence-electron chi connectivity index (χ3n) is 3.41. The van der Waals surface area contributed by atoms with Gasteiger partial charge in [-0.2, -0.15) is 0 Å². The molecule has 2 atom stereocenters. The van der Waals surface area contributed by atoms with Crippen LogP contribution in [0.25, 0.3) is 0 Å². The molecule has 0 aliphatic carbocycles. The van der Waals surface area contributed by atoms with Gasteiger partial charge in [-0.1, -0.05) is 0 Å². The van der Waals surface area contributed by atoms with Crippen molar-refractivity contribution < 1.29 is 51.9 Å². The molecule has 0 aliphatic rings. The molecule has 2 unspecified atom stereocenters. The monoisotopic (exact) mass is 1200 g/mol. The number of hydrogen-bond acceptors (Lipinski definition) is 2. The molecule has 0 aliphatic heterocycles. The number of alkyl halides is 10. The van der Waals surface area contributed by atoms with E-state index in [0.717, 1.165) is 26.9 Å². The second kappa shape index (κ2) is 13.9. The van der Waals surface area contributed by atoms with E-state index in [2.05, 4.69) is 145 Å². The molecule has 0 spiro atoms. The second-order valence-electron chi connectivity index (χ2n) is 3.96. The summed E-state index contributed by atoms with van der Waals surface area (Å²) in [7, 11) is 0. The van der Waals surface area contributed by atoms with Crippen molar-refractivity contribution in [2.45, 2.75) is 7.22 Å². The quantitative estimate of drug-likeness (QED) is 0.192. The molecule has 0 saturated carbocycles. The summed E-state index contributed by atoms with van der Waals surface area (Å²) in [5.74, 6) is 0. The molecular weight excluding hydrogens is 1180 g/mol. The van der Waals surface area contributed by atoms with Crippen LogP contribution >= 0.6 is 136 Å². The van der Waals surface area contributed by atoms with Gasteiger partial charge in [0.15, 0.2) is 0 Å². The first-order valence-corrected chi connectivity index (χ1v) is 21.3. The number of rotatable bonds is 12. The van der Waals surface area contributed by atoms with Gasteiger partial charge in [-0.3, -0.25) is 0 Å². The molecule has 0 amide bonds. The zero-order chi connectivity index (χ0) is 16.6. The minimum atomic E-state index is -0.0560. The van der Waals surface area contributed by atoms with Crippen LogP contribution in [0.3, 0.4) is 0 Å². The van der Waals surface area contributed by atoms with E-state index in [1.807, 2.05) is 0 Å². The van der Waals surface area contributed by atoms with E-state index in [0.29, 0.717) is 0 Å². The molecule has 21 heavy (non-hydrogen) atoms. The standard InChI is InChI=1S/C11H18I8O2/c1-18-10(5-14,20-7-16)9(3-12,4-13)11(6-15,19-2)21-8-17/h3-8H2,1-2H3/q-2. The molecule has 0 saturated heterocycles. The Kier molecular flexibility index (Phi) is 17.7. The van der Waals surface area contributed by atoms with Gasteiger partial charge in [0.1, 0.15) is 0 Å². The van der Waals surface area contributed by atoms with Crippen molar-refractivity contribution in [3.63, 3.8) is 0 Å². The van der Waals surface area contributed by atoms with Crippen molar-refractivity contribution in [2.75, 3.05) is 36.8 Å². The van der Waals surface area contributed by atoms with Crippen LogP contribution in [0, 0.1) is 5.41 Å². The Hall–Kier alpha value is 5.76. The number of hydrogen-bond donors (Lipinski definition) is 0. The topological polar surface area (TPSA) is 18.5 Å². The molecule has 0 rings (SSSR count). The third kappa shape index (κ3) is 5.87. The third-order valence-corrected chi connectivity index (χ3v) is 18.6. The summed E-state index contributed by atoms with van der Waals surface area (Å²) >= 11 is 14.9. The predicted molar refractivity (Wildman–Crippen MR) is 135 cm³/mol. The van der Waals surface area contributed by atoms with Crippen molar-refractivity contribution in [1.82, 2.24) is 0 Å². The zero-order valence-corrected chi connectivity index (χ0v) is 28.8. The average molecular weight is 1200 g/mol. The van der Waals surface area contributed by atoms with Crippen LogP contribution in [0.5, 0.6) is 0 Å². The second-order valence-corrected chi connectivity index (χ2v) is 13.9. The minimum absolute atomic E-state index is 0.00270. The van der Waals surface area contributed by atoms with Crippen LogP contribution in [0.1, 0.15) is 0 Å². The van der Waals surface area contributed by atoms with E-state index >= 15 is 0 Å². The molecular formula is C11H18I8O2-2. The maximum absolute atomic E-state index is 6.48. The average Bonchev–Trinajstić information content (AvgIpc) is 2.53. The van der Waals surface area contributed by atoms with Crippen LogP contribution in [0.2, 0.25) is 0 Å². The molecule has 0 fully saturated rings. The van der Waals surface area contributed by atoms with Gasteiger partial charge in [0.05, 0.1) is 0 Å². The van der Waals surface area contributed by atoms with Crippen molar-refractivity contribution in [2.24, 2.45) is 5.41 Å². The van der Waals surface area contributed by atoms with Crippen molar-refractivity contribution in [3.8, 4) is 0 Å². The molecule has 132 valence electrons. The summed E-state index contributed by atoms with van der Waals surface area (Å²) in [6.45, 7) is 0. The molecule has 0 aromatic heterocycles. The summed E-state index contributed by atoms with van der Waals surface area (Å²) < 4.78 is 18.9. The molecule has 0 radical (unpaired) electrons. The SMILES string of the molecule is C[I-]C(CI)(OCI)C(CI)(CI)C(CI)(OCI)[I-]C. The first-order valence-electron chi connectivity index (χ1n) is 5.64. The molecule has 0 bridgehead atoms. The fourth-order valence-electron chi connectivity index (χ4n) is 2.07. The first kappa shape index (κ1) is 26.8. The summed E-state index contributed by atoms with van der Waals surface area (Å²) in [4.78, 5) is 4.76. The Balaban J connectivity index is 6.19. The van der Waals surface area contributed by atoms with E-state index < -0.39 is 0 Å². The van der Waals surface area contributed by atoms with Crippen molar-refractivity contribution in [3.05, 3.63) is 0 Å². The Labute approximate surface area is 231 Å². The molecule has 0 N–H and O–H groups in total. The molecule has 0 aromatic rings. The Bertz CT molecular complexity index is 255. The Morgan fingerprint density at radius 3 is 1.14 bits per heavy atom. The maximum atomic E-state index is 6.48. The van der Waals surface area contributed by atoms with E-state index in [1.165, 1.54) is 0 Å². The molecule has 0 aromatic carbocycles. The fraction of sp³-hybridized carbons (Fsp3) is 1.00. The van der Waals surface area contributed by atoms with Crippen LogP contribution in [0.15, 0.2) is 0 Å². The van der Waals surface area contributed by atoms with Gasteiger partial charge in [-0.15, -0.1) is 0 Å². The van der Waals surface area contributed by atoms with E-state index in [9.17, 15) is 0 Å². The van der Waals surface area contributed by atoms with Gasteiger partial charge in [-0.05, 0) is 0 Å². The van der Waals surface area contributed by atoms with E-state index in [1.54, 1.807) is 0 Å². The van der Waals surface area contributed by atoms with E-state index in [-0.39, 0.29) is 55.0 Å². The van der Waals surface area contributed by atoms with Gasteiger partial charge in [-0.25, -0.2) is 0 Å². The van der Waals surface area contributed by atoms with Crippen LogP contribution in [0.4, 0.5) is 0 Å². The molecule has 10 heteroatoms. The normalized spacial score (nSPS) is 18.7. The summed E-state index contributed by atoms with van der Waals surface area (Å²) in [6, 6.07) is 0.